The van der Waals surface area contributed by atoms with Crippen molar-refractivity contribution in [1.29, 1.82) is 5.26 Å². The number of nitrogens with zero attached hydrogens (tertiary/aromatic N) is 2. The zero-order chi connectivity index (χ0) is 13.1. The summed E-state index contributed by atoms with van der Waals surface area (Å²) in [5, 5.41) is 8.85. The van der Waals surface area contributed by atoms with Crippen molar-refractivity contribution in [3.8, 4) is 6.07 Å². The number of carbonyl (C=O) groups is 1. The molecule has 1 aliphatic rings. The van der Waals surface area contributed by atoms with Crippen LogP contribution >= 0.6 is 0 Å². The van der Waals surface area contributed by atoms with E-state index in [1.54, 1.807) is 24.3 Å². The van der Waals surface area contributed by atoms with Crippen LogP contribution in [0.2, 0.25) is 0 Å². The predicted octanol–water partition coefficient (Wildman–Crippen LogP) is 2.68. The van der Waals surface area contributed by atoms with Gasteiger partial charge in [-0.1, -0.05) is 19.9 Å². The Kier molecular flexibility index (Phi) is 3.66. The zero-order valence-electron chi connectivity index (χ0n) is 10.9. The first-order valence-corrected chi connectivity index (χ1v) is 6.41. The van der Waals surface area contributed by atoms with E-state index in [1.807, 2.05) is 4.90 Å². The van der Waals surface area contributed by atoms with E-state index < -0.39 is 0 Å². The number of hydrogen-bond donors (Lipinski definition) is 0. The van der Waals surface area contributed by atoms with Crippen molar-refractivity contribution in [3.05, 3.63) is 35.4 Å². The zero-order valence-corrected chi connectivity index (χ0v) is 10.9. The summed E-state index contributed by atoms with van der Waals surface area (Å²) in [6, 6.07) is 9.01. The van der Waals surface area contributed by atoms with Crippen molar-refractivity contribution < 1.29 is 4.79 Å². The fourth-order valence-corrected chi connectivity index (χ4v) is 2.42. The first-order chi connectivity index (χ1) is 8.61. The molecule has 0 aliphatic carbocycles. The third-order valence-corrected chi connectivity index (χ3v) is 3.69. The SMILES string of the molecule is CC(C)C1CCN(C(=O)c2cccc(C#N)c2)C1. The molecule has 1 saturated heterocycles. The van der Waals surface area contributed by atoms with Gasteiger partial charge in [-0.15, -0.1) is 0 Å². The Hall–Kier alpha value is -1.82. The maximum atomic E-state index is 12.3. The predicted molar refractivity (Wildman–Crippen MR) is 70.0 cm³/mol. The topological polar surface area (TPSA) is 44.1 Å². The van der Waals surface area contributed by atoms with Gasteiger partial charge in [0.25, 0.3) is 5.91 Å². The Labute approximate surface area is 108 Å². The largest absolute Gasteiger partial charge is 0.338 e. The number of amides is 1. The molecule has 1 fully saturated rings. The van der Waals surface area contributed by atoms with Gasteiger partial charge in [-0.3, -0.25) is 4.79 Å². The summed E-state index contributed by atoms with van der Waals surface area (Å²) in [4.78, 5) is 14.2. The number of hydrogen-bond acceptors (Lipinski definition) is 2. The number of benzene rings is 1. The van der Waals surface area contributed by atoms with Gasteiger partial charge in [-0.2, -0.15) is 5.26 Å². The summed E-state index contributed by atoms with van der Waals surface area (Å²) in [5.74, 6) is 1.27. The molecule has 0 spiro atoms. The molecule has 1 aliphatic heterocycles. The molecule has 1 unspecified atom stereocenters. The highest BCUT2D eigenvalue weighted by Gasteiger charge is 2.28. The van der Waals surface area contributed by atoms with Gasteiger partial charge in [0, 0.05) is 18.7 Å². The number of carbonyl (C=O) groups excluding carboxylic acids is 1. The fraction of sp³-hybridized carbons (Fsp3) is 0.467. The third kappa shape index (κ3) is 2.53. The molecular weight excluding hydrogens is 224 g/mol. The van der Waals surface area contributed by atoms with Gasteiger partial charge in [0.2, 0.25) is 0 Å². The van der Waals surface area contributed by atoms with Crippen LogP contribution in [-0.4, -0.2) is 23.9 Å². The standard InChI is InChI=1S/C15H18N2O/c1-11(2)14-6-7-17(10-14)15(18)13-5-3-4-12(8-13)9-16/h3-5,8,11,14H,6-7,10H2,1-2H3. The summed E-state index contributed by atoms with van der Waals surface area (Å²) in [6.45, 7) is 6.08. The second-order valence-corrected chi connectivity index (χ2v) is 5.24. The molecule has 0 radical (unpaired) electrons. The van der Waals surface area contributed by atoms with E-state index in [4.69, 9.17) is 5.26 Å². The van der Waals surface area contributed by atoms with Gasteiger partial charge < -0.3 is 4.90 Å². The van der Waals surface area contributed by atoms with Crippen LogP contribution in [0.15, 0.2) is 24.3 Å². The molecule has 0 saturated carbocycles. The second-order valence-electron chi connectivity index (χ2n) is 5.24. The van der Waals surface area contributed by atoms with Crippen LogP contribution in [0.25, 0.3) is 0 Å². The molecule has 0 bridgehead atoms. The van der Waals surface area contributed by atoms with Crippen LogP contribution in [0.5, 0.6) is 0 Å². The van der Waals surface area contributed by atoms with Crippen LogP contribution in [0.4, 0.5) is 0 Å². The Morgan fingerprint density at radius 1 is 1.50 bits per heavy atom. The third-order valence-electron chi connectivity index (χ3n) is 3.69. The lowest BCUT2D eigenvalue weighted by Gasteiger charge is -2.18. The lowest BCUT2D eigenvalue weighted by molar-refractivity contribution is 0.0784. The van der Waals surface area contributed by atoms with E-state index >= 15 is 0 Å². The van der Waals surface area contributed by atoms with E-state index in [0.717, 1.165) is 19.5 Å². The summed E-state index contributed by atoms with van der Waals surface area (Å²) < 4.78 is 0. The van der Waals surface area contributed by atoms with Gasteiger partial charge in [-0.25, -0.2) is 0 Å². The molecule has 3 nitrogen and oxygen atoms in total. The summed E-state index contributed by atoms with van der Waals surface area (Å²) in [6.07, 6.45) is 1.08. The second kappa shape index (κ2) is 5.22. The van der Waals surface area contributed by atoms with Crippen LogP contribution in [0, 0.1) is 23.2 Å². The first-order valence-electron chi connectivity index (χ1n) is 6.41. The maximum Gasteiger partial charge on any atom is 0.253 e. The van der Waals surface area contributed by atoms with Crippen molar-refractivity contribution in [1.82, 2.24) is 4.90 Å². The number of nitriles is 1. The Morgan fingerprint density at radius 3 is 2.89 bits per heavy atom. The first kappa shape index (κ1) is 12.6. The van der Waals surface area contributed by atoms with E-state index in [2.05, 4.69) is 19.9 Å². The van der Waals surface area contributed by atoms with Crippen molar-refractivity contribution >= 4 is 5.91 Å². The lowest BCUT2D eigenvalue weighted by Crippen LogP contribution is -2.29. The van der Waals surface area contributed by atoms with Gasteiger partial charge in [0.1, 0.15) is 0 Å². The minimum Gasteiger partial charge on any atom is -0.338 e. The minimum absolute atomic E-state index is 0.0512. The molecule has 1 aromatic carbocycles. The monoisotopic (exact) mass is 242 g/mol. The van der Waals surface area contributed by atoms with Crippen molar-refractivity contribution in [2.45, 2.75) is 20.3 Å². The van der Waals surface area contributed by atoms with E-state index in [9.17, 15) is 4.79 Å². The van der Waals surface area contributed by atoms with Crippen LogP contribution in [0.1, 0.15) is 36.2 Å². The highest BCUT2D eigenvalue weighted by atomic mass is 16.2. The van der Waals surface area contributed by atoms with Gasteiger partial charge in [0.05, 0.1) is 11.6 Å². The molecule has 1 amide bonds. The Balaban J connectivity index is 2.11. The summed E-state index contributed by atoms with van der Waals surface area (Å²) >= 11 is 0. The average molecular weight is 242 g/mol. The average Bonchev–Trinajstić information content (AvgIpc) is 2.87. The smallest absolute Gasteiger partial charge is 0.253 e. The number of likely N-dealkylation sites (tertiary alicyclic amines) is 1. The molecule has 1 aromatic rings. The fourth-order valence-electron chi connectivity index (χ4n) is 2.42. The molecule has 94 valence electrons. The molecule has 2 rings (SSSR count). The summed E-state index contributed by atoms with van der Waals surface area (Å²) in [7, 11) is 0. The normalized spacial score (nSPS) is 19.0. The molecule has 1 heterocycles. The minimum atomic E-state index is 0.0512. The van der Waals surface area contributed by atoms with E-state index in [0.29, 0.717) is 23.0 Å². The highest BCUT2D eigenvalue weighted by molar-refractivity contribution is 5.94. The maximum absolute atomic E-state index is 12.3. The highest BCUT2D eigenvalue weighted by Crippen LogP contribution is 2.24. The van der Waals surface area contributed by atoms with Crippen LogP contribution in [0.3, 0.4) is 0 Å². The molecule has 0 N–H and O–H groups in total. The van der Waals surface area contributed by atoms with Crippen LogP contribution in [-0.2, 0) is 0 Å². The Bertz CT molecular complexity index is 488. The Morgan fingerprint density at radius 2 is 2.28 bits per heavy atom. The van der Waals surface area contributed by atoms with Crippen molar-refractivity contribution in [2.75, 3.05) is 13.1 Å². The molecular formula is C15H18N2O. The van der Waals surface area contributed by atoms with Gasteiger partial charge >= 0.3 is 0 Å². The molecule has 18 heavy (non-hydrogen) atoms. The van der Waals surface area contributed by atoms with E-state index in [1.165, 1.54) is 0 Å². The van der Waals surface area contributed by atoms with Gasteiger partial charge in [-0.05, 0) is 36.5 Å². The molecule has 3 heteroatoms. The lowest BCUT2D eigenvalue weighted by atomic mass is 9.95. The van der Waals surface area contributed by atoms with Gasteiger partial charge in [0.15, 0.2) is 0 Å². The van der Waals surface area contributed by atoms with Crippen molar-refractivity contribution in [2.24, 2.45) is 11.8 Å². The molecule has 0 aromatic heterocycles. The van der Waals surface area contributed by atoms with Crippen LogP contribution < -0.4 is 0 Å². The van der Waals surface area contributed by atoms with Crippen molar-refractivity contribution in [3.63, 3.8) is 0 Å². The molecule has 1 atom stereocenters. The summed E-state index contributed by atoms with van der Waals surface area (Å²) in [5.41, 5.74) is 1.17. The quantitative estimate of drug-likeness (QED) is 0.800. The van der Waals surface area contributed by atoms with E-state index in [-0.39, 0.29) is 5.91 Å². The number of rotatable bonds is 2.